The Morgan fingerprint density at radius 1 is 1.20 bits per heavy atom. The maximum Gasteiger partial charge on any atom is 0.329 e. The maximum atomic E-state index is 12.3. The maximum absolute atomic E-state index is 12.3. The molecule has 0 saturated carbocycles. The van der Waals surface area contributed by atoms with Gasteiger partial charge in [-0.25, -0.2) is 4.79 Å². The Bertz CT molecular complexity index is 1010. The molecular weight excluding hydrogens is 392 g/mol. The Morgan fingerprint density at radius 3 is 2.53 bits per heavy atom. The second kappa shape index (κ2) is 9.14. The summed E-state index contributed by atoms with van der Waals surface area (Å²) in [7, 11) is 1.30. The quantitative estimate of drug-likeness (QED) is 0.320. The molecule has 0 aliphatic carbocycles. The number of methoxy groups -OCH3 is 1. The van der Waals surface area contributed by atoms with E-state index in [1.54, 1.807) is 19.1 Å². The first-order valence-corrected chi connectivity index (χ1v) is 9.00. The van der Waals surface area contributed by atoms with Crippen LogP contribution < -0.4 is 10.1 Å². The second-order valence-electron chi connectivity index (χ2n) is 6.59. The van der Waals surface area contributed by atoms with Crippen molar-refractivity contribution < 1.29 is 23.7 Å². The van der Waals surface area contributed by atoms with E-state index in [9.17, 15) is 14.9 Å². The van der Waals surface area contributed by atoms with E-state index in [-0.39, 0.29) is 30.6 Å². The number of hydrogen-bond acceptors (Lipinski definition) is 9. The van der Waals surface area contributed by atoms with E-state index in [1.807, 2.05) is 18.2 Å². The van der Waals surface area contributed by atoms with Crippen LogP contribution >= 0.6 is 0 Å². The van der Waals surface area contributed by atoms with Crippen molar-refractivity contribution in [3.63, 3.8) is 0 Å². The van der Waals surface area contributed by atoms with E-state index in [0.717, 1.165) is 0 Å². The molecule has 1 unspecified atom stereocenters. The van der Waals surface area contributed by atoms with Crippen LogP contribution in [0.2, 0.25) is 0 Å². The van der Waals surface area contributed by atoms with Gasteiger partial charge < -0.3 is 14.0 Å². The van der Waals surface area contributed by atoms with Gasteiger partial charge in [-0.15, -0.1) is 0 Å². The number of carbonyl (C=O) groups excluding carboxylic acids is 1. The van der Waals surface area contributed by atoms with Gasteiger partial charge in [0.1, 0.15) is 17.9 Å². The number of aromatic nitrogens is 2. The van der Waals surface area contributed by atoms with E-state index < -0.39 is 16.4 Å². The number of carbonyl (C=O) groups is 1. The van der Waals surface area contributed by atoms with E-state index in [2.05, 4.69) is 15.5 Å². The molecule has 1 aromatic heterocycles. The number of esters is 1. The highest BCUT2D eigenvalue weighted by Gasteiger charge is 2.35. The van der Waals surface area contributed by atoms with Crippen LogP contribution in [0.25, 0.3) is 11.4 Å². The van der Waals surface area contributed by atoms with Gasteiger partial charge in [0.05, 0.1) is 18.6 Å². The average molecular weight is 412 g/mol. The highest BCUT2D eigenvalue weighted by molar-refractivity contribution is 5.80. The van der Waals surface area contributed by atoms with Crippen LogP contribution in [0.4, 0.5) is 5.69 Å². The van der Waals surface area contributed by atoms with Crippen molar-refractivity contribution in [3.05, 3.63) is 70.6 Å². The SMILES string of the molecule is COC(=O)C(C)(COc1ccccc1)NCc1nc(-c2ccc([N+](=O)[O-])cc2)no1. The minimum Gasteiger partial charge on any atom is -0.491 e. The van der Waals surface area contributed by atoms with Crippen molar-refractivity contribution in [2.45, 2.75) is 19.0 Å². The molecule has 3 rings (SSSR count). The predicted molar refractivity (Wildman–Crippen MR) is 106 cm³/mol. The molecule has 0 saturated heterocycles. The van der Waals surface area contributed by atoms with E-state index >= 15 is 0 Å². The first-order valence-electron chi connectivity index (χ1n) is 9.00. The molecule has 0 aliphatic rings. The molecule has 3 aromatic rings. The largest absolute Gasteiger partial charge is 0.491 e. The summed E-state index contributed by atoms with van der Waals surface area (Å²) < 4.78 is 15.8. The zero-order chi connectivity index (χ0) is 21.6. The molecule has 30 heavy (non-hydrogen) atoms. The summed E-state index contributed by atoms with van der Waals surface area (Å²) in [5.41, 5.74) is -0.623. The summed E-state index contributed by atoms with van der Waals surface area (Å²) >= 11 is 0. The van der Waals surface area contributed by atoms with Crippen LogP contribution in [0.5, 0.6) is 5.75 Å². The molecule has 0 amide bonds. The average Bonchev–Trinajstić information content (AvgIpc) is 3.25. The summed E-state index contributed by atoms with van der Waals surface area (Å²) in [5, 5.41) is 17.7. The first kappa shape index (κ1) is 20.9. The lowest BCUT2D eigenvalue weighted by molar-refractivity contribution is -0.384. The van der Waals surface area contributed by atoms with Gasteiger partial charge in [0.15, 0.2) is 0 Å². The van der Waals surface area contributed by atoms with Crippen LogP contribution in [-0.4, -0.2) is 40.3 Å². The number of non-ortho nitro benzene ring substituents is 1. The molecule has 0 aliphatic heterocycles. The molecule has 0 fully saturated rings. The van der Waals surface area contributed by atoms with Crippen LogP contribution in [0.15, 0.2) is 59.1 Å². The first-order chi connectivity index (χ1) is 14.4. The van der Waals surface area contributed by atoms with E-state index in [1.165, 1.54) is 31.4 Å². The van der Waals surface area contributed by atoms with Crippen molar-refractivity contribution in [1.29, 1.82) is 0 Å². The van der Waals surface area contributed by atoms with Crippen molar-refractivity contribution in [1.82, 2.24) is 15.5 Å². The highest BCUT2D eigenvalue weighted by Crippen LogP contribution is 2.20. The van der Waals surface area contributed by atoms with Crippen molar-refractivity contribution in [2.75, 3.05) is 13.7 Å². The third-order valence-electron chi connectivity index (χ3n) is 4.34. The summed E-state index contributed by atoms with van der Waals surface area (Å²) in [6, 6.07) is 14.9. The van der Waals surface area contributed by atoms with Crippen LogP contribution in [0, 0.1) is 10.1 Å². The van der Waals surface area contributed by atoms with Gasteiger partial charge in [-0.3, -0.25) is 15.4 Å². The summed E-state index contributed by atoms with van der Waals surface area (Å²) in [4.78, 5) is 26.8. The lowest BCUT2D eigenvalue weighted by Crippen LogP contribution is -2.54. The highest BCUT2D eigenvalue weighted by atomic mass is 16.6. The van der Waals surface area contributed by atoms with E-state index in [0.29, 0.717) is 11.3 Å². The van der Waals surface area contributed by atoms with Gasteiger partial charge in [-0.2, -0.15) is 4.98 Å². The zero-order valence-electron chi connectivity index (χ0n) is 16.4. The van der Waals surface area contributed by atoms with Crippen LogP contribution in [-0.2, 0) is 16.1 Å². The molecule has 1 N–H and O–H groups in total. The van der Waals surface area contributed by atoms with Crippen LogP contribution in [0.3, 0.4) is 0 Å². The van der Waals surface area contributed by atoms with Crippen molar-refractivity contribution in [2.24, 2.45) is 0 Å². The van der Waals surface area contributed by atoms with Crippen molar-refractivity contribution >= 4 is 11.7 Å². The number of hydrogen-bond donors (Lipinski definition) is 1. The minimum atomic E-state index is -1.16. The van der Waals surface area contributed by atoms with Gasteiger partial charge in [-0.05, 0) is 31.2 Å². The van der Waals surface area contributed by atoms with Crippen LogP contribution in [0.1, 0.15) is 12.8 Å². The number of nitro groups is 1. The smallest absolute Gasteiger partial charge is 0.329 e. The third kappa shape index (κ3) is 4.97. The normalized spacial score (nSPS) is 12.7. The van der Waals surface area contributed by atoms with Gasteiger partial charge in [-0.1, -0.05) is 23.4 Å². The molecule has 0 bridgehead atoms. The molecular formula is C20H20N4O6. The third-order valence-corrected chi connectivity index (χ3v) is 4.34. The Kier molecular flexibility index (Phi) is 6.38. The summed E-state index contributed by atoms with van der Waals surface area (Å²) in [6.07, 6.45) is 0. The summed E-state index contributed by atoms with van der Waals surface area (Å²) in [6.45, 7) is 1.76. The van der Waals surface area contributed by atoms with Gasteiger partial charge in [0, 0.05) is 17.7 Å². The number of para-hydroxylation sites is 1. The predicted octanol–water partition coefficient (Wildman–Crippen LogP) is 2.75. The van der Waals surface area contributed by atoms with Crippen molar-refractivity contribution in [3.8, 4) is 17.1 Å². The Balaban J connectivity index is 1.66. The number of rotatable bonds is 9. The number of ether oxygens (including phenoxy) is 2. The number of nitrogens with one attached hydrogen (secondary N) is 1. The summed E-state index contributed by atoms with van der Waals surface area (Å²) in [5.74, 6) is 0.626. The molecule has 0 spiro atoms. The second-order valence-corrected chi connectivity index (χ2v) is 6.59. The standard InChI is InChI=1S/C20H20N4O6/c1-20(19(25)28-2,13-29-16-6-4-3-5-7-16)21-12-17-22-18(23-30-17)14-8-10-15(11-9-14)24(26)27/h3-11,21H,12-13H2,1-2H3. The zero-order valence-corrected chi connectivity index (χ0v) is 16.4. The van der Waals surface area contributed by atoms with Gasteiger partial charge >= 0.3 is 5.97 Å². The molecule has 0 radical (unpaired) electrons. The van der Waals surface area contributed by atoms with E-state index in [4.69, 9.17) is 14.0 Å². The molecule has 1 atom stereocenters. The Morgan fingerprint density at radius 2 is 1.90 bits per heavy atom. The number of benzene rings is 2. The molecule has 2 aromatic carbocycles. The lowest BCUT2D eigenvalue weighted by Gasteiger charge is -2.27. The monoisotopic (exact) mass is 412 g/mol. The lowest BCUT2D eigenvalue weighted by atomic mass is 10.0. The van der Waals surface area contributed by atoms with Gasteiger partial charge in [0.25, 0.3) is 5.69 Å². The Labute approximate surface area is 172 Å². The minimum absolute atomic E-state index is 0.0209. The number of nitro benzene ring substituents is 1. The molecule has 10 nitrogen and oxygen atoms in total. The molecule has 10 heteroatoms. The fraction of sp³-hybridized carbons (Fsp3) is 0.250. The van der Waals surface area contributed by atoms with Gasteiger partial charge in [0.2, 0.25) is 11.7 Å². The molecule has 156 valence electrons. The fourth-order valence-corrected chi connectivity index (χ4v) is 2.60. The topological polar surface area (TPSA) is 130 Å². The Hall–Kier alpha value is -3.79. The molecule has 1 heterocycles. The number of nitrogens with zero attached hydrogens (tertiary/aromatic N) is 3. The fourth-order valence-electron chi connectivity index (χ4n) is 2.60.